The number of carbonyl (C=O) groups is 1. The van der Waals surface area contributed by atoms with Crippen molar-refractivity contribution in [3.8, 4) is 11.5 Å². The van der Waals surface area contributed by atoms with Crippen LogP contribution < -0.4 is 9.47 Å². The molecule has 1 saturated heterocycles. The first-order chi connectivity index (χ1) is 8.69. The summed E-state index contributed by atoms with van der Waals surface area (Å²) in [5.41, 5.74) is 0. The third kappa shape index (κ3) is 3.15. The highest BCUT2D eigenvalue weighted by Crippen LogP contribution is 2.23. The summed E-state index contributed by atoms with van der Waals surface area (Å²) in [5, 5.41) is 0. The lowest BCUT2D eigenvalue weighted by atomic mass is 10.1. The summed E-state index contributed by atoms with van der Waals surface area (Å²) in [5.74, 6) is 1.50. The third-order valence-electron chi connectivity index (χ3n) is 3.14. The normalized spacial score (nSPS) is 16.4. The SMILES string of the molecule is [CH2]C(=O)N1CCC(Oc2cccc(OC)c2)CC1. The van der Waals surface area contributed by atoms with Crippen LogP contribution >= 0.6 is 0 Å². The summed E-state index contributed by atoms with van der Waals surface area (Å²) in [4.78, 5) is 12.9. The van der Waals surface area contributed by atoms with Crippen molar-refractivity contribution in [2.24, 2.45) is 0 Å². The van der Waals surface area contributed by atoms with Crippen LogP contribution in [0.15, 0.2) is 24.3 Å². The standard InChI is InChI=1S/C14H18NO3/c1-11(16)15-8-6-12(7-9-15)18-14-5-3-4-13(10-14)17-2/h3-5,10,12H,1,6-9H2,2H3. The number of likely N-dealkylation sites (tertiary alicyclic amines) is 1. The first-order valence-corrected chi connectivity index (χ1v) is 6.10. The minimum atomic E-state index is -0.102. The number of benzene rings is 1. The number of hydrogen-bond donors (Lipinski definition) is 0. The van der Waals surface area contributed by atoms with Gasteiger partial charge in [-0.3, -0.25) is 4.79 Å². The van der Waals surface area contributed by atoms with Crippen LogP contribution in [0.5, 0.6) is 11.5 Å². The van der Waals surface area contributed by atoms with Gasteiger partial charge < -0.3 is 14.4 Å². The van der Waals surface area contributed by atoms with Crippen molar-refractivity contribution in [3.63, 3.8) is 0 Å². The van der Waals surface area contributed by atoms with Crippen LogP contribution in [0.2, 0.25) is 0 Å². The zero-order chi connectivity index (χ0) is 13.0. The Morgan fingerprint density at radius 1 is 1.33 bits per heavy atom. The molecule has 1 amide bonds. The number of rotatable bonds is 3. The van der Waals surface area contributed by atoms with Crippen LogP contribution in [0.3, 0.4) is 0 Å². The van der Waals surface area contributed by atoms with Crippen molar-refractivity contribution >= 4 is 5.91 Å². The van der Waals surface area contributed by atoms with Gasteiger partial charge in [0.05, 0.1) is 7.11 Å². The zero-order valence-corrected chi connectivity index (χ0v) is 10.6. The predicted molar refractivity (Wildman–Crippen MR) is 68.6 cm³/mol. The summed E-state index contributed by atoms with van der Waals surface area (Å²) in [6.07, 6.45) is 1.85. The van der Waals surface area contributed by atoms with Gasteiger partial charge >= 0.3 is 0 Å². The maximum Gasteiger partial charge on any atom is 0.223 e. The molecule has 1 aliphatic rings. The monoisotopic (exact) mass is 248 g/mol. The summed E-state index contributed by atoms with van der Waals surface area (Å²) in [7, 11) is 1.64. The maximum atomic E-state index is 11.1. The highest BCUT2D eigenvalue weighted by molar-refractivity contribution is 5.80. The highest BCUT2D eigenvalue weighted by atomic mass is 16.5. The number of nitrogens with zero attached hydrogens (tertiary/aromatic N) is 1. The van der Waals surface area contributed by atoms with Crippen molar-refractivity contribution in [1.82, 2.24) is 4.90 Å². The van der Waals surface area contributed by atoms with Gasteiger partial charge in [0.2, 0.25) is 5.91 Å². The Hall–Kier alpha value is -1.71. The molecule has 2 rings (SSSR count). The lowest BCUT2D eigenvalue weighted by molar-refractivity contribution is -0.128. The number of carbonyl (C=O) groups excluding carboxylic acids is 1. The van der Waals surface area contributed by atoms with Crippen LogP contribution in [-0.2, 0) is 4.79 Å². The quantitative estimate of drug-likeness (QED) is 0.820. The number of ether oxygens (including phenoxy) is 2. The van der Waals surface area contributed by atoms with Gasteiger partial charge in [0.1, 0.15) is 17.6 Å². The lowest BCUT2D eigenvalue weighted by Gasteiger charge is -2.31. The van der Waals surface area contributed by atoms with E-state index in [1.165, 1.54) is 0 Å². The summed E-state index contributed by atoms with van der Waals surface area (Å²) in [6, 6.07) is 7.58. The largest absolute Gasteiger partial charge is 0.497 e. The Balaban J connectivity index is 1.89. The molecule has 1 aromatic carbocycles. The Labute approximate surface area is 107 Å². The van der Waals surface area contributed by atoms with Crippen molar-refractivity contribution in [1.29, 1.82) is 0 Å². The van der Waals surface area contributed by atoms with Gasteiger partial charge in [0.15, 0.2) is 0 Å². The fraction of sp³-hybridized carbons (Fsp3) is 0.429. The smallest absolute Gasteiger partial charge is 0.223 e. The molecule has 4 nitrogen and oxygen atoms in total. The molecule has 1 aliphatic heterocycles. The maximum absolute atomic E-state index is 11.1. The first kappa shape index (κ1) is 12.7. The van der Waals surface area contributed by atoms with E-state index in [0.717, 1.165) is 37.4 Å². The van der Waals surface area contributed by atoms with Crippen LogP contribution in [0.1, 0.15) is 12.8 Å². The summed E-state index contributed by atoms with van der Waals surface area (Å²) >= 11 is 0. The lowest BCUT2D eigenvalue weighted by Crippen LogP contribution is -2.40. The Bertz CT molecular complexity index is 411. The Morgan fingerprint density at radius 3 is 2.61 bits per heavy atom. The van der Waals surface area contributed by atoms with Crippen molar-refractivity contribution < 1.29 is 14.3 Å². The van der Waals surface area contributed by atoms with Gasteiger partial charge in [-0.15, -0.1) is 0 Å². The van der Waals surface area contributed by atoms with Crippen LogP contribution in [0.25, 0.3) is 0 Å². The van der Waals surface area contributed by atoms with E-state index in [9.17, 15) is 4.79 Å². The molecule has 1 heterocycles. The molecule has 1 radical (unpaired) electrons. The van der Waals surface area contributed by atoms with E-state index in [0.29, 0.717) is 0 Å². The fourth-order valence-corrected chi connectivity index (χ4v) is 2.09. The van der Waals surface area contributed by atoms with Gasteiger partial charge in [-0.25, -0.2) is 0 Å². The average Bonchev–Trinajstić information content (AvgIpc) is 2.39. The second-order valence-electron chi connectivity index (χ2n) is 4.38. The number of hydrogen-bond acceptors (Lipinski definition) is 3. The second-order valence-corrected chi connectivity index (χ2v) is 4.38. The molecule has 0 N–H and O–H groups in total. The first-order valence-electron chi connectivity index (χ1n) is 6.10. The van der Waals surface area contributed by atoms with Gasteiger partial charge in [-0.1, -0.05) is 6.07 Å². The number of methoxy groups -OCH3 is 1. The molecule has 97 valence electrons. The van der Waals surface area contributed by atoms with Gasteiger partial charge in [-0.05, 0) is 12.1 Å². The molecule has 0 saturated carbocycles. The van der Waals surface area contributed by atoms with E-state index in [2.05, 4.69) is 6.92 Å². The molecule has 1 aromatic rings. The van der Waals surface area contributed by atoms with E-state index >= 15 is 0 Å². The molecule has 4 heteroatoms. The van der Waals surface area contributed by atoms with Crippen LogP contribution in [0.4, 0.5) is 0 Å². The van der Waals surface area contributed by atoms with E-state index in [4.69, 9.17) is 9.47 Å². The molecular formula is C14H18NO3. The van der Waals surface area contributed by atoms with Gasteiger partial charge in [-0.2, -0.15) is 0 Å². The average molecular weight is 248 g/mol. The summed E-state index contributed by atoms with van der Waals surface area (Å²) in [6.45, 7) is 4.86. The van der Waals surface area contributed by atoms with E-state index < -0.39 is 0 Å². The molecule has 0 bridgehead atoms. The molecule has 0 aliphatic carbocycles. The predicted octanol–water partition coefficient (Wildman–Crippen LogP) is 1.90. The van der Waals surface area contributed by atoms with Crippen molar-refractivity contribution in [2.75, 3.05) is 20.2 Å². The molecular weight excluding hydrogens is 230 g/mol. The molecule has 18 heavy (non-hydrogen) atoms. The second kappa shape index (κ2) is 5.76. The minimum absolute atomic E-state index is 0.102. The fourth-order valence-electron chi connectivity index (χ4n) is 2.09. The van der Waals surface area contributed by atoms with Crippen molar-refractivity contribution in [3.05, 3.63) is 31.2 Å². The van der Waals surface area contributed by atoms with Gasteiger partial charge in [0, 0.05) is 38.9 Å². The minimum Gasteiger partial charge on any atom is -0.497 e. The number of amides is 1. The van der Waals surface area contributed by atoms with E-state index in [1.807, 2.05) is 24.3 Å². The van der Waals surface area contributed by atoms with Crippen LogP contribution in [-0.4, -0.2) is 37.1 Å². The molecule has 0 aromatic heterocycles. The van der Waals surface area contributed by atoms with Crippen LogP contribution in [0, 0.1) is 6.92 Å². The highest BCUT2D eigenvalue weighted by Gasteiger charge is 2.21. The number of piperidine rings is 1. The van der Waals surface area contributed by atoms with Gasteiger partial charge in [0.25, 0.3) is 0 Å². The molecule has 0 spiro atoms. The van der Waals surface area contributed by atoms with E-state index in [-0.39, 0.29) is 12.0 Å². The molecule has 1 fully saturated rings. The zero-order valence-electron chi connectivity index (χ0n) is 10.6. The Morgan fingerprint density at radius 2 is 2.00 bits per heavy atom. The third-order valence-corrected chi connectivity index (χ3v) is 3.14. The van der Waals surface area contributed by atoms with Crippen molar-refractivity contribution in [2.45, 2.75) is 18.9 Å². The van der Waals surface area contributed by atoms with E-state index in [1.54, 1.807) is 12.0 Å². The molecule has 0 unspecified atom stereocenters. The molecule has 0 atom stereocenters. The summed E-state index contributed by atoms with van der Waals surface area (Å²) < 4.78 is 11.0. The Kier molecular flexibility index (Phi) is 4.07. The topological polar surface area (TPSA) is 38.8 Å².